The van der Waals surface area contributed by atoms with Gasteiger partial charge in [0.2, 0.25) is 0 Å². The molecular formula is C36H36N2O6. The molecule has 0 saturated carbocycles. The molecule has 226 valence electrons. The maximum atomic E-state index is 9.68. The van der Waals surface area contributed by atoms with E-state index < -0.39 is 12.2 Å². The molecule has 2 atom stereocenters. The van der Waals surface area contributed by atoms with Gasteiger partial charge >= 0.3 is 0 Å². The van der Waals surface area contributed by atoms with Crippen LogP contribution in [-0.4, -0.2) is 59.1 Å². The SMILES string of the molecule is OCC(O)COc1ccc(N(c2ccc(OCC(O)CO)cc2)c2cccc(N(c3ccccc3)c3ccccc3)c2)cc1. The number of rotatable bonds is 14. The third-order valence-corrected chi connectivity index (χ3v) is 6.87. The summed E-state index contributed by atoms with van der Waals surface area (Å²) in [5.74, 6) is 1.14. The predicted octanol–water partition coefficient (Wildman–Crippen LogP) is 6.09. The van der Waals surface area contributed by atoms with Gasteiger partial charge in [-0.15, -0.1) is 0 Å². The summed E-state index contributed by atoms with van der Waals surface area (Å²) in [5, 5.41) is 37.6. The first-order valence-electron chi connectivity index (χ1n) is 14.4. The van der Waals surface area contributed by atoms with Crippen molar-refractivity contribution in [2.75, 3.05) is 36.2 Å². The number of hydrogen-bond acceptors (Lipinski definition) is 8. The summed E-state index contributed by atoms with van der Waals surface area (Å²) in [6.45, 7) is -0.764. The van der Waals surface area contributed by atoms with E-state index in [0.717, 1.165) is 34.1 Å². The van der Waals surface area contributed by atoms with Crippen LogP contribution in [0.2, 0.25) is 0 Å². The van der Waals surface area contributed by atoms with E-state index in [0.29, 0.717) is 11.5 Å². The third kappa shape index (κ3) is 7.75. The molecule has 5 aromatic rings. The van der Waals surface area contributed by atoms with Crippen molar-refractivity contribution in [2.24, 2.45) is 0 Å². The second kappa shape index (κ2) is 15.0. The largest absolute Gasteiger partial charge is 0.491 e. The van der Waals surface area contributed by atoms with Crippen molar-refractivity contribution in [1.82, 2.24) is 0 Å². The summed E-state index contributed by atoms with van der Waals surface area (Å²) in [6.07, 6.45) is -1.91. The van der Waals surface area contributed by atoms with Crippen LogP contribution in [0.1, 0.15) is 0 Å². The van der Waals surface area contributed by atoms with E-state index in [1.54, 1.807) is 0 Å². The Balaban J connectivity index is 1.53. The molecule has 0 radical (unpaired) electrons. The fraction of sp³-hybridized carbons (Fsp3) is 0.167. The maximum absolute atomic E-state index is 9.68. The Morgan fingerprint density at radius 2 is 0.773 bits per heavy atom. The maximum Gasteiger partial charge on any atom is 0.119 e. The molecule has 44 heavy (non-hydrogen) atoms. The van der Waals surface area contributed by atoms with Gasteiger partial charge in [0.1, 0.15) is 36.9 Å². The van der Waals surface area contributed by atoms with Crippen LogP contribution in [0.4, 0.5) is 34.1 Å². The monoisotopic (exact) mass is 592 g/mol. The second-order valence-corrected chi connectivity index (χ2v) is 10.1. The van der Waals surface area contributed by atoms with Crippen LogP contribution in [0, 0.1) is 0 Å². The average Bonchev–Trinajstić information content (AvgIpc) is 3.08. The van der Waals surface area contributed by atoms with Crippen LogP contribution in [-0.2, 0) is 0 Å². The highest BCUT2D eigenvalue weighted by Gasteiger charge is 2.17. The number of benzene rings is 5. The van der Waals surface area contributed by atoms with E-state index in [9.17, 15) is 10.2 Å². The van der Waals surface area contributed by atoms with Gasteiger partial charge in [-0.1, -0.05) is 42.5 Å². The van der Waals surface area contributed by atoms with Gasteiger partial charge in [-0.2, -0.15) is 0 Å². The van der Waals surface area contributed by atoms with E-state index >= 15 is 0 Å². The minimum atomic E-state index is -0.953. The van der Waals surface area contributed by atoms with Crippen molar-refractivity contribution in [3.8, 4) is 11.5 Å². The zero-order valence-corrected chi connectivity index (χ0v) is 24.2. The Labute approximate surface area is 257 Å². The summed E-state index contributed by atoms with van der Waals surface area (Å²) < 4.78 is 11.3. The molecule has 2 unspecified atom stereocenters. The molecule has 0 aliphatic carbocycles. The first-order chi connectivity index (χ1) is 21.6. The molecule has 0 saturated heterocycles. The smallest absolute Gasteiger partial charge is 0.119 e. The molecule has 4 N–H and O–H groups in total. The first-order valence-corrected chi connectivity index (χ1v) is 14.4. The molecule has 5 rings (SSSR count). The van der Waals surface area contributed by atoms with Crippen LogP contribution in [0.15, 0.2) is 133 Å². The van der Waals surface area contributed by atoms with E-state index in [2.05, 4.69) is 46.2 Å². The van der Waals surface area contributed by atoms with Crippen molar-refractivity contribution < 1.29 is 29.9 Å². The fourth-order valence-corrected chi connectivity index (χ4v) is 4.69. The number of para-hydroxylation sites is 2. The second-order valence-electron chi connectivity index (χ2n) is 10.1. The molecule has 8 heteroatoms. The number of aliphatic hydroxyl groups is 4. The average molecular weight is 593 g/mol. The van der Waals surface area contributed by atoms with Crippen molar-refractivity contribution in [2.45, 2.75) is 12.2 Å². The molecule has 0 amide bonds. The van der Waals surface area contributed by atoms with Gasteiger partial charge in [0.15, 0.2) is 0 Å². The van der Waals surface area contributed by atoms with Crippen molar-refractivity contribution in [3.63, 3.8) is 0 Å². The Morgan fingerprint density at radius 3 is 1.14 bits per heavy atom. The Kier molecular flexibility index (Phi) is 10.5. The number of nitrogens with zero attached hydrogens (tertiary/aromatic N) is 2. The molecule has 0 aliphatic heterocycles. The summed E-state index contributed by atoms with van der Waals surface area (Å²) in [7, 11) is 0. The zero-order valence-electron chi connectivity index (χ0n) is 24.2. The van der Waals surface area contributed by atoms with Gasteiger partial charge in [0.05, 0.1) is 13.2 Å². The van der Waals surface area contributed by atoms with Gasteiger partial charge in [-0.3, -0.25) is 0 Å². The summed E-state index contributed by atoms with van der Waals surface area (Å²) in [5.41, 5.74) is 5.68. The first kappa shape index (κ1) is 30.6. The van der Waals surface area contributed by atoms with Gasteiger partial charge in [0.25, 0.3) is 0 Å². The number of anilines is 6. The molecule has 0 aliphatic rings. The predicted molar refractivity (Wildman–Crippen MR) is 173 cm³/mol. The molecule has 0 heterocycles. The van der Waals surface area contributed by atoms with Crippen LogP contribution in [0.3, 0.4) is 0 Å². The number of aliphatic hydroxyl groups excluding tert-OH is 4. The van der Waals surface area contributed by atoms with E-state index in [4.69, 9.17) is 19.7 Å². The fourth-order valence-electron chi connectivity index (χ4n) is 4.69. The van der Waals surface area contributed by atoms with E-state index in [1.807, 2.05) is 97.1 Å². The molecule has 0 spiro atoms. The molecular weight excluding hydrogens is 556 g/mol. The normalized spacial score (nSPS) is 12.3. The lowest BCUT2D eigenvalue weighted by atomic mass is 10.1. The highest BCUT2D eigenvalue weighted by atomic mass is 16.5. The van der Waals surface area contributed by atoms with Crippen LogP contribution in [0.5, 0.6) is 11.5 Å². The summed E-state index contributed by atoms with van der Waals surface area (Å²) >= 11 is 0. The van der Waals surface area contributed by atoms with Crippen molar-refractivity contribution in [1.29, 1.82) is 0 Å². The lowest BCUT2D eigenvalue weighted by molar-refractivity contribution is 0.0536. The van der Waals surface area contributed by atoms with E-state index in [1.165, 1.54) is 0 Å². The lowest BCUT2D eigenvalue weighted by Gasteiger charge is -2.29. The number of ether oxygens (including phenoxy) is 2. The highest BCUT2D eigenvalue weighted by molar-refractivity contribution is 5.83. The third-order valence-electron chi connectivity index (χ3n) is 6.87. The molecule has 5 aromatic carbocycles. The van der Waals surface area contributed by atoms with Gasteiger partial charge < -0.3 is 39.7 Å². The van der Waals surface area contributed by atoms with Gasteiger partial charge in [-0.25, -0.2) is 0 Å². The van der Waals surface area contributed by atoms with Gasteiger partial charge in [-0.05, 0) is 91.0 Å². The minimum Gasteiger partial charge on any atom is -0.491 e. The molecule has 8 nitrogen and oxygen atoms in total. The molecule has 0 bridgehead atoms. The molecule has 0 fully saturated rings. The Morgan fingerprint density at radius 1 is 0.432 bits per heavy atom. The summed E-state index contributed by atoms with van der Waals surface area (Å²) in [4.78, 5) is 4.31. The standard InChI is InChI=1S/C36H36N2O6/c39-23-33(41)25-43-35-18-14-29(15-19-35)38(30-16-20-36(21-17-30)44-26-34(42)24-40)32-13-7-12-31(22-32)37(27-8-3-1-4-9-27)28-10-5-2-6-11-28/h1-22,33-34,39-42H,23-26H2. The number of hydrogen-bond donors (Lipinski definition) is 4. The van der Waals surface area contributed by atoms with E-state index in [-0.39, 0.29) is 26.4 Å². The Bertz CT molecular complexity index is 1470. The van der Waals surface area contributed by atoms with Crippen molar-refractivity contribution >= 4 is 34.1 Å². The topological polar surface area (TPSA) is 106 Å². The van der Waals surface area contributed by atoms with Crippen LogP contribution in [0.25, 0.3) is 0 Å². The lowest BCUT2D eigenvalue weighted by Crippen LogP contribution is -2.21. The van der Waals surface area contributed by atoms with Crippen LogP contribution < -0.4 is 19.3 Å². The van der Waals surface area contributed by atoms with Crippen molar-refractivity contribution in [3.05, 3.63) is 133 Å². The summed E-state index contributed by atoms with van der Waals surface area (Å²) in [6, 6.07) is 43.7. The van der Waals surface area contributed by atoms with Crippen LogP contribution >= 0.6 is 0 Å². The quantitative estimate of drug-likeness (QED) is 0.123. The van der Waals surface area contributed by atoms with Gasteiger partial charge in [0, 0.05) is 34.1 Å². The molecule has 0 aromatic heterocycles. The minimum absolute atomic E-state index is 0.0111. The Hall–Kier alpha value is -4.86. The highest BCUT2D eigenvalue weighted by Crippen LogP contribution is 2.40. The zero-order chi connectivity index (χ0) is 30.7.